The SMILES string of the molecule is Cc1ccc(NC(=O)CC2SCC(C(=O)O)NC2=O)c([N+](=O)[O-])c1. The van der Waals surface area contributed by atoms with E-state index >= 15 is 0 Å². The Morgan fingerprint density at radius 1 is 1.50 bits per heavy atom. The number of hydrogen-bond donors (Lipinski definition) is 3. The molecular formula is C14H15N3O6S. The molecule has 9 nitrogen and oxygen atoms in total. The Bertz CT molecular complexity index is 708. The molecule has 2 rings (SSSR count). The average molecular weight is 353 g/mol. The van der Waals surface area contributed by atoms with Crippen LogP contribution in [0.1, 0.15) is 12.0 Å². The highest BCUT2D eigenvalue weighted by molar-refractivity contribution is 8.00. The van der Waals surface area contributed by atoms with Crippen LogP contribution in [0, 0.1) is 17.0 Å². The fourth-order valence-electron chi connectivity index (χ4n) is 2.15. The molecule has 2 unspecified atom stereocenters. The van der Waals surface area contributed by atoms with Crippen molar-refractivity contribution in [3.05, 3.63) is 33.9 Å². The largest absolute Gasteiger partial charge is 0.480 e. The van der Waals surface area contributed by atoms with Crippen molar-refractivity contribution in [1.29, 1.82) is 0 Å². The van der Waals surface area contributed by atoms with Gasteiger partial charge < -0.3 is 15.7 Å². The number of nitrogens with zero attached hydrogens (tertiary/aromatic N) is 1. The highest BCUT2D eigenvalue weighted by Gasteiger charge is 2.33. The molecule has 1 aliphatic heterocycles. The van der Waals surface area contributed by atoms with Crippen molar-refractivity contribution in [1.82, 2.24) is 5.32 Å². The summed E-state index contributed by atoms with van der Waals surface area (Å²) in [5.74, 6) is -2.06. The maximum atomic E-state index is 12.1. The molecule has 0 bridgehead atoms. The lowest BCUT2D eigenvalue weighted by atomic mass is 10.2. The van der Waals surface area contributed by atoms with Crippen molar-refractivity contribution in [2.24, 2.45) is 0 Å². The molecule has 2 atom stereocenters. The number of amides is 2. The molecule has 24 heavy (non-hydrogen) atoms. The third-order valence-electron chi connectivity index (χ3n) is 3.37. The first kappa shape index (κ1) is 17.7. The number of aliphatic carboxylic acids is 1. The average Bonchev–Trinajstić information content (AvgIpc) is 2.50. The number of hydrogen-bond acceptors (Lipinski definition) is 6. The summed E-state index contributed by atoms with van der Waals surface area (Å²) in [6, 6.07) is 3.43. The third kappa shape index (κ3) is 4.22. The van der Waals surface area contributed by atoms with Gasteiger partial charge in [-0.25, -0.2) is 4.79 Å². The van der Waals surface area contributed by atoms with E-state index < -0.39 is 34.0 Å². The Hall–Kier alpha value is -2.62. The minimum Gasteiger partial charge on any atom is -0.480 e. The fraction of sp³-hybridized carbons (Fsp3) is 0.357. The number of nitro groups is 1. The minimum atomic E-state index is -1.13. The molecule has 1 fully saturated rings. The molecule has 128 valence electrons. The standard InChI is InChI=1S/C14H15N3O6S/c1-7-2-3-8(10(4-7)17(22)23)15-12(18)5-11-13(19)16-9(6-24-11)14(20)21/h2-4,9,11H,5-6H2,1H3,(H,15,18)(H,16,19)(H,20,21). The summed E-state index contributed by atoms with van der Waals surface area (Å²) >= 11 is 1.07. The van der Waals surface area contributed by atoms with Gasteiger partial charge in [0.15, 0.2) is 0 Å². The van der Waals surface area contributed by atoms with E-state index in [1.54, 1.807) is 13.0 Å². The lowest BCUT2D eigenvalue weighted by Gasteiger charge is -2.25. The van der Waals surface area contributed by atoms with Gasteiger partial charge in [0.2, 0.25) is 11.8 Å². The predicted molar refractivity (Wildman–Crippen MR) is 86.9 cm³/mol. The summed E-state index contributed by atoms with van der Waals surface area (Å²) in [4.78, 5) is 45.2. The normalized spacial score (nSPS) is 20.1. The quantitative estimate of drug-likeness (QED) is 0.528. The maximum absolute atomic E-state index is 12.1. The number of carbonyl (C=O) groups is 3. The van der Waals surface area contributed by atoms with Crippen molar-refractivity contribution < 1.29 is 24.4 Å². The van der Waals surface area contributed by atoms with Crippen LogP contribution < -0.4 is 10.6 Å². The van der Waals surface area contributed by atoms with Gasteiger partial charge in [0.1, 0.15) is 11.7 Å². The van der Waals surface area contributed by atoms with E-state index in [-0.39, 0.29) is 23.5 Å². The number of carboxylic acid groups (broad SMARTS) is 1. The van der Waals surface area contributed by atoms with Crippen LogP contribution in [0.15, 0.2) is 18.2 Å². The van der Waals surface area contributed by atoms with E-state index in [4.69, 9.17) is 5.11 Å². The van der Waals surface area contributed by atoms with Gasteiger partial charge in [-0.05, 0) is 18.6 Å². The summed E-state index contributed by atoms with van der Waals surface area (Å²) in [6.07, 6.45) is -0.201. The van der Waals surface area contributed by atoms with Crippen LogP contribution in [0.2, 0.25) is 0 Å². The van der Waals surface area contributed by atoms with E-state index in [1.807, 2.05) is 0 Å². The number of anilines is 1. The highest BCUT2D eigenvalue weighted by atomic mass is 32.2. The van der Waals surface area contributed by atoms with Crippen LogP contribution >= 0.6 is 11.8 Å². The summed E-state index contributed by atoms with van der Waals surface area (Å²) in [5, 5.41) is 23.9. The minimum absolute atomic E-state index is 0.0558. The summed E-state index contributed by atoms with van der Waals surface area (Å²) in [7, 11) is 0. The van der Waals surface area contributed by atoms with Crippen LogP contribution in [-0.2, 0) is 14.4 Å². The summed E-state index contributed by atoms with van der Waals surface area (Å²) in [6.45, 7) is 1.69. The Balaban J connectivity index is 2.01. The van der Waals surface area contributed by atoms with E-state index in [1.165, 1.54) is 12.1 Å². The molecule has 0 radical (unpaired) electrons. The molecule has 1 aliphatic rings. The zero-order valence-electron chi connectivity index (χ0n) is 12.6. The van der Waals surface area contributed by atoms with Crippen molar-refractivity contribution in [2.45, 2.75) is 24.6 Å². The second kappa shape index (κ2) is 7.30. The lowest BCUT2D eigenvalue weighted by Crippen LogP contribution is -2.51. The first-order chi connectivity index (χ1) is 11.3. The van der Waals surface area contributed by atoms with Crippen LogP contribution in [0.3, 0.4) is 0 Å². The number of rotatable bonds is 5. The van der Waals surface area contributed by atoms with Gasteiger partial charge in [0, 0.05) is 18.2 Å². The van der Waals surface area contributed by atoms with Crippen LogP contribution in [-0.4, -0.2) is 44.9 Å². The molecule has 3 N–H and O–H groups in total. The Kier molecular flexibility index (Phi) is 5.39. The van der Waals surface area contributed by atoms with Crippen LogP contribution in [0.25, 0.3) is 0 Å². The van der Waals surface area contributed by atoms with Crippen molar-refractivity contribution >= 4 is 40.9 Å². The monoisotopic (exact) mass is 353 g/mol. The van der Waals surface area contributed by atoms with Gasteiger partial charge in [0.25, 0.3) is 5.69 Å². The Morgan fingerprint density at radius 3 is 2.79 bits per heavy atom. The van der Waals surface area contributed by atoms with Gasteiger partial charge in [-0.15, -0.1) is 11.8 Å². The molecule has 1 aromatic rings. The van der Waals surface area contributed by atoms with E-state index in [0.717, 1.165) is 11.8 Å². The molecule has 2 amide bonds. The van der Waals surface area contributed by atoms with Gasteiger partial charge in [-0.1, -0.05) is 6.07 Å². The summed E-state index contributed by atoms with van der Waals surface area (Å²) in [5.41, 5.74) is 0.511. The predicted octanol–water partition coefficient (Wildman–Crippen LogP) is 0.917. The summed E-state index contributed by atoms with van der Waals surface area (Å²) < 4.78 is 0. The first-order valence-corrected chi connectivity index (χ1v) is 8.02. The van der Waals surface area contributed by atoms with Crippen LogP contribution in [0.4, 0.5) is 11.4 Å². The molecule has 1 heterocycles. The number of thioether (sulfide) groups is 1. The zero-order chi connectivity index (χ0) is 17.9. The molecule has 0 saturated carbocycles. The maximum Gasteiger partial charge on any atom is 0.327 e. The molecule has 0 spiro atoms. The Morgan fingerprint density at radius 2 is 2.21 bits per heavy atom. The topological polar surface area (TPSA) is 139 Å². The molecule has 0 aliphatic carbocycles. The molecule has 1 aromatic carbocycles. The van der Waals surface area contributed by atoms with Crippen molar-refractivity contribution in [2.75, 3.05) is 11.1 Å². The van der Waals surface area contributed by atoms with Gasteiger partial charge >= 0.3 is 5.97 Å². The third-order valence-corrected chi connectivity index (χ3v) is 4.67. The molecular weight excluding hydrogens is 338 g/mol. The van der Waals surface area contributed by atoms with E-state index in [0.29, 0.717) is 5.56 Å². The molecule has 10 heteroatoms. The number of carbonyl (C=O) groups excluding carboxylic acids is 2. The number of aryl methyl sites for hydroxylation is 1. The highest BCUT2D eigenvalue weighted by Crippen LogP contribution is 2.27. The number of nitrogens with one attached hydrogen (secondary N) is 2. The second-order valence-corrected chi connectivity index (χ2v) is 6.49. The van der Waals surface area contributed by atoms with E-state index in [2.05, 4.69) is 10.6 Å². The lowest BCUT2D eigenvalue weighted by molar-refractivity contribution is -0.384. The first-order valence-electron chi connectivity index (χ1n) is 6.97. The van der Waals surface area contributed by atoms with Gasteiger partial charge in [-0.3, -0.25) is 19.7 Å². The second-order valence-electron chi connectivity index (χ2n) is 5.25. The number of benzene rings is 1. The van der Waals surface area contributed by atoms with Gasteiger partial charge in [-0.2, -0.15) is 0 Å². The van der Waals surface area contributed by atoms with Crippen molar-refractivity contribution in [3.63, 3.8) is 0 Å². The van der Waals surface area contributed by atoms with Gasteiger partial charge in [0.05, 0.1) is 10.2 Å². The Labute approximate surface area is 140 Å². The van der Waals surface area contributed by atoms with Crippen molar-refractivity contribution in [3.8, 4) is 0 Å². The number of nitro benzene ring substituents is 1. The van der Waals surface area contributed by atoms with Crippen LogP contribution in [0.5, 0.6) is 0 Å². The molecule has 0 aromatic heterocycles. The smallest absolute Gasteiger partial charge is 0.327 e. The molecule has 1 saturated heterocycles. The number of carboxylic acids is 1. The van der Waals surface area contributed by atoms with E-state index in [9.17, 15) is 24.5 Å². The fourth-order valence-corrected chi connectivity index (χ4v) is 3.29. The zero-order valence-corrected chi connectivity index (χ0v) is 13.5.